The van der Waals surface area contributed by atoms with Crippen LogP contribution in [0, 0.1) is 12.8 Å². The van der Waals surface area contributed by atoms with Crippen LogP contribution in [-0.2, 0) is 13.1 Å². The van der Waals surface area contributed by atoms with Crippen molar-refractivity contribution in [3.63, 3.8) is 0 Å². The highest BCUT2D eigenvalue weighted by molar-refractivity contribution is 5.08. The average Bonchev–Trinajstić information content (AvgIpc) is 2.77. The molecule has 1 saturated carbocycles. The molecule has 1 fully saturated rings. The van der Waals surface area contributed by atoms with Gasteiger partial charge in [0, 0.05) is 19.1 Å². The molecule has 1 aliphatic carbocycles. The van der Waals surface area contributed by atoms with Crippen molar-refractivity contribution in [2.24, 2.45) is 5.92 Å². The molecule has 1 heterocycles. The Hall–Kier alpha value is -0.830. The Morgan fingerprint density at radius 3 is 2.78 bits per heavy atom. The summed E-state index contributed by atoms with van der Waals surface area (Å²) in [6.45, 7) is 8.48. The molecule has 3 heteroatoms. The second kappa shape index (κ2) is 6.37. The van der Waals surface area contributed by atoms with Crippen molar-refractivity contribution < 1.29 is 0 Å². The number of rotatable bonds is 5. The van der Waals surface area contributed by atoms with Crippen molar-refractivity contribution in [2.45, 2.75) is 72.0 Å². The summed E-state index contributed by atoms with van der Waals surface area (Å²) in [5, 5.41) is 8.19. The van der Waals surface area contributed by atoms with Crippen LogP contribution in [0.3, 0.4) is 0 Å². The Labute approximate surface area is 111 Å². The minimum atomic E-state index is 0.630. The summed E-state index contributed by atoms with van der Waals surface area (Å²) < 4.78 is 2.11. The van der Waals surface area contributed by atoms with Gasteiger partial charge in [-0.05, 0) is 45.6 Å². The van der Waals surface area contributed by atoms with Crippen molar-refractivity contribution in [3.8, 4) is 0 Å². The van der Waals surface area contributed by atoms with Gasteiger partial charge in [-0.1, -0.05) is 19.3 Å². The summed E-state index contributed by atoms with van der Waals surface area (Å²) in [4.78, 5) is 0. The molecule has 1 aromatic rings. The van der Waals surface area contributed by atoms with Crippen molar-refractivity contribution >= 4 is 0 Å². The fourth-order valence-corrected chi connectivity index (χ4v) is 3.08. The first-order chi connectivity index (χ1) is 8.70. The molecule has 3 nitrogen and oxygen atoms in total. The molecule has 0 aromatic carbocycles. The van der Waals surface area contributed by atoms with Crippen LogP contribution in [-0.4, -0.2) is 15.8 Å². The van der Waals surface area contributed by atoms with Crippen LogP contribution in [0.15, 0.2) is 6.07 Å². The van der Waals surface area contributed by atoms with Gasteiger partial charge >= 0.3 is 0 Å². The fraction of sp³-hybridized carbons (Fsp3) is 0.800. The molecule has 1 N–H and O–H groups in total. The highest BCUT2D eigenvalue weighted by Gasteiger charge is 2.19. The van der Waals surface area contributed by atoms with E-state index >= 15 is 0 Å². The van der Waals surface area contributed by atoms with E-state index in [-0.39, 0.29) is 0 Å². The second-order valence-electron chi connectivity index (χ2n) is 5.66. The van der Waals surface area contributed by atoms with E-state index in [9.17, 15) is 0 Å². The third-order valence-electron chi connectivity index (χ3n) is 4.25. The molecule has 0 aliphatic heterocycles. The minimum Gasteiger partial charge on any atom is -0.308 e. The van der Waals surface area contributed by atoms with E-state index in [0.29, 0.717) is 6.04 Å². The number of aromatic nitrogens is 2. The Kier molecular flexibility index (Phi) is 4.81. The summed E-state index contributed by atoms with van der Waals surface area (Å²) in [5.74, 6) is 0.873. The standard InChI is InChI=1S/C15H27N3/c1-4-18-15(10-12(2)17-18)11-16-13(3)14-8-6-5-7-9-14/h10,13-14,16H,4-9,11H2,1-3H3/t13-/m1/s1. The van der Waals surface area contributed by atoms with Gasteiger partial charge in [0.05, 0.1) is 11.4 Å². The highest BCUT2D eigenvalue weighted by Crippen LogP contribution is 2.26. The van der Waals surface area contributed by atoms with Crippen LogP contribution in [0.5, 0.6) is 0 Å². The molecular formula is C15H27N3. The smallest absolute Gasteiger partial charge is 0.0597 e. The zero-order chi connectivity index (χ0) is 13.0. The minimum absolute atomic E-state index is 0.630. The summed E-state index contributed by atoms with van der Waals surface area (Å²) in [6.07, 6.45) is 7.08. The Balaban J connectivity index is 1.86. The number of hydrogen-bond donors (Lipinski definition) is 1. The molecule has 0 saturated heterocycles. The SMILES string of the molecule is CCn1nc(C)cc1CN[C@H](C)C1CCCCC1. The zero-order valence-corrected chi connectivity index (χ0v) is 12.1. The van der Waals surface area contributed by atoms with Gasteiger partial charge in [-0.3, -0.25) is 4.68 Å². The van der Waals surface area contributed by atoms with Gasteiger partial charge in [-0.15, -0.1) is 0 Å². The molecule has 1 aromatic heterocycles. The van der Waals surface area contributed by atoms with Crippen LogP contribution >= 0.6 is 0 Å². The van der Waals surface area contributed by atoms with Crippen molar-refractivity contribution in [1.82, 2.24) is 15.1 Å². The number of nitrogens with zero attached hydrogens (tertiary/aromatic N) is 2. The first-order valence-electron chi connectivity index (χ1n) is 7.47. The van der Waals surface area contributed by atoms with Crippen LogP contribution in [0.4, 0.5) is 0 Å². The molecule has 18 heavy (non-hydrogen) atoms. The molecule has 0 amide bonds. The maximum absolute atomic E-state index is 4.50. The maximum atomic E-state index is 4.50. The Morgan fingerprint density at radius 2 is 2.11 bits per heavy atom. The highest BCUT2D eigenvalue weighted by atomic mass is 15.3. The second-order valence-corrected chi connectivity index (χ2v) is 5.66. The summed E-state index contributed by atoms with van der Waals surface area (Å²) in [5.41, 5.74) is 2.44. The molecule has 0 radical (unpaired) electrons. The van der Waals surface area contributed by atoms with E-state index in [1.807, 2.05) is 0 Å². The van der Waals surface area contributed by atoms with E-state index in [0.717, 1.165) is 24.7 Å². The molecule has 1 atom stereocenters. The summed E-state index contributed by atoms with van der Waals surface area (Å²) in [7, 11) is 0. The van der Waals surface area contributed by atoms with E-state index < -0.39 is 0 Å². The first kappa shape index (κ1) is 13.6. The summed E-state index contributed by atoms with van der Waals surface area (Å²) in [6, 6.07) is 2.83. The van der Waals surface area contributed by atoms with Crippen LogP contribution in [0.1, 0.15) is 57.3 Å². The molecule has 0 spiro atoms. The average molecular weight is 249 g/mol. The molecule has 1 aliphatic rings. The van der Waals surface area contributed by atoms with E-state index in [2.05, 4.69) is 41.9 Å². The van der Waals surface area contributed by atoms with Crippen molar-refractivity contribution in [3.05, 3.63) is 17.5 Å². The molecule has 102 valence electrons. The maximum Gasteiger partial charge on any atom is 0.0597 e. The number of aryl methyl sites for hydroxylation is 2. The lowest BCUT2D eigenvalue weighted by molar-refractivity contribution is 0.279. The van der Waals surface area contributed by atoms with Crippen molar-refractivity contribution in [1.29, 1.82) is 0 Å². The molecule has 2 rings (SSSR count). The topological polar surface area (TPSA) is 29.9 Å². The van der Waals surface area contributed by atoms with Crippen LogP contribution in [0.2, 0.25) is 0 Å². The van der Waals surface area contributed by atoms with Crippen LogP contribution in [0.25, 0.3) is 0 Å². The Morgan fingerprint density at radius 1 is 1.39 bits per heavy atom. The van der Waals surface area contributed by atoms with Crippen molar-refractivity contribution in [2.75, 3.05) is 0 Å². The number of nitrogens with one attached hydrogen (secondary N) is 1. The van der Waals surface area contributed by atoms with E-state index in [1.54, 1.807) is 0 Å². The van der Waals surface area contributed by atoms with E-state index in [4.69, 9.17) is 0 Å². The van der Waals surface area contributed by atoms with Gasteiger partial charge < -0.3 is 5.32 Å². The van der Waals surface area contributed by atoms with E-state index in [1.165, 1.54) is 37.8 Å². The zero-order valence-electron chi connectivity index (χ0n) is 12.1. The summed E-state index contributed by atoms with van der Waals surface area (Å²) >= 11 is 0. The quantitative estimate of drug-likeness (QED) is 0.868. The van der Waals surface area contributed by atoms with Gasteiger partial charge in [0.15, 0.2) is 0 Å². The lowest BCUT2D eigenvalue weighted by atomic mass is 9.84. The lowest BCUT2D eigenvalue weighted by Gasteiger charge is -2.28. The molecule has 0 unspecified atom stereocenters. The molecular weight excluding hydrogens is 222 g/mol. The van der Waals surface area contributed by atoms with Gasteiger partial charge in [-0.2, -0.15) is 5.10 Å². The largest absolute Gasteiger partial charge is 0.308 e. The van der Waals surface area contributed by atoms with Gasteiger partial charge in [-0.25, -0.2) is 0 Å². The predicted octanol–water partition coefficient (Wildman–Crippen LogP) is 3.27. The van der Waals surface area contributed by atoms with Gasteiger partial charge in [0.2, 0.25) is 0 Å². The van der Waals surface area contributed by atoms with Gasteiger partial charge in [0.25, 0.3) is 0 Å². The lowest BCUT2D eigenvalue weighted by Crippen LogP contribution is -2.34. The van der Waals surface area contributed by atoms with Gasteiger partial charge in [0.1, 0.15) is 0 Å². The molecule has 0 bridgehead atoms. The fourth-order valence-electron chi connectivity index (χ4n) is 3.08. The normalized spacial score (nSPS) is 19.1. The Bertz CT molecular complexity index is 364. The third-order valence-corrected chi connectivity index (χ3v) is 4.25. The third kappa shape index (κ3) is 3.35. The van der Waals surface area contributed by atoms with Crippen LogP contribution < -0.4 is 5.32 Å². The number of hydrogen-bond acceptors (Lipinski definition) is 2. The predicted molar refractivity (Wildman–Crippen MR) is 75.5 cm³/mol. The monoisotopic (exact) mass is 249 g/mol. The first-order valence-corrected chi connectivity index (χ1v) is 7.47.